The second-order valence-corrected chi connectivity index (χ2v) is 9.34. The summed E-state index contributed by atoms with van der Waals surface area (Å²) in [6, 6.07) is 5.78. The van der Waals surface area contributed by atoms with Gasteiger partial charge in [0, 0.05) is 25.1 Å². The van der Waals surface area contributed by atoms with Crippen LogP contribution in [-0.2, 0) is 34.1 Å². The van der Waals surface area contributed by atoms with Crippen molar-refractivity contribution in [2.24, 2.45) is 0 Å². The number of esters is 2. The van der Waals surface area contributed by atoms with Crippen LogP contribution in [0.2, 0.25) is 0 Å². The molecule has 0 radical (unpaired) electrons. The maximum atomic E-state index is 14.3. The maximum absolute atomic E-state index is 14.3. The molecule has 1 aromatic carbocycles. The van der Waals surface area contributed by atoms with Crippen LogP contribution in [0.3, 0.4) is 0 Å². The maximum Gasteiger partial charge on any atom is 0.432 e. The third kappa shape index (κ3) is 3.99. The van der Waals surface area contributed by atoms with Crippen LogP contribution in [0, 0.1) is 0 Å². The summed E-state index contributed by atoms with van der Waals surface area (Å²) in [7, 11) is 1.85. The molecule has 3 rings (SSSR count). The Morgan fingerprint density at radius 1 is 1.06 bits per heavy atom. The smallest absolute Gasteiger partial charge is 0.432 e. The van der Waals surface area contributed by atoms with Gasteiger partial charge in [-0.25, -0.2) is 14.4 Å². The summed E-state index contributed by atoms with van der Waals surface area (Å²) < 4.78 is 63.3. The SMILES string of the molecule is COC(=O)[C@@]12CC[C@@H](C[C@H]1OC(=O)[C@](OC)(c1ccccc1)C(F)(F)F)N2C(=O)OC(C)(C)C. The van der Waals surface area contributed by atoms with Crippen LogP contribution < -0.4 is 0 Å². The van der Waals surface area contributed by atoms with Gasteiger partial charge in [0.25, 0.3) is 5.60 Å². The van der Waals surface area contributed by atoms with E-state index in [1.807, 2.05) is 0 Å². The van der Waals surface area contributed by atoms with Crippen molar-refractivity contribution in [1.29, 1.82) is 0 Å². The zero-order valence-corrected chi connectivity index (χ0v) is 19.6. The van der Waals surface area contributed by atoms with Crippen molar-refractivity contribution in [2.75, 3.05) is 14.2 Å². The first kappa shape index (κ1) is 25.8. The number of carbonyl (C=O) groups excluding carboxylic acids is 3. The molecule has 2 fully saturated rings. The number of benzene rings is 1. The van der Waals surface area contributed by atoms with Gasteiger partial charge in [0.2, 0.25) is 0 Å². The first-order valence-corrected chi connectivity index (χ1v) is 10.7. The number of alkyl halides is 3. The van der Waals surface area contributed by atoms with E-state index in [2.05, 4.69) is 0 Å². The summed E-state index contributed by atoms with van der Waals surface area (Å²) in [5.41, 5.74) is -6.60. The van der Waals surface area contributed by atoms with Gasteiger partial charge >= 0.3 is 24.2 Å². The number of carbonyl (C=O) groups is 3. The Labute approximate surface area is 195 Å². The third-order valence-corrected chi connectivity index (χ3v) is 6.22. The van der Waals surface area contributed by atoms with Crippen LogP contribution in [0.4, 0.5) is 18.0 Å². The molecule has 4 atom stereocenters. The Morgan fingerprint density at radius 2 is 1.68 bits per heavy atom. The van der Waals surface area contributed by atoms with E-state index in [9.17, 15) is 27.6 Å². The molecule has 1 amide bonds. The quantitative estimate of drug-likeness (QED) is 0.462. The van der Waals surface area contributed by atoms with Crippen molar-refractivity contribution < 1.29 is 46.5 Å². The normalized spacial score (nSPS) is 26.1. The largest absolute Gasteiger partial charge is 0.467 e. The van der Waals surface area contributed by atoms with E-state index < -0.39 is 58.7 Å². The zero-order valence-electron chi connectivity index (χ0n) is 19.6. The number of methoxy groups -OCH3 is 2. The minimum absolute atomic E-state index is 0.0405. The fraction of sp³-hybridized carbons (Fsp3) is 0.609. The van der Waals surface area contributed by atoms with Crippen molar-refractivity contribution >= 4 is 18.0 Å². The molecule has 0 spiro atoms. The fourth-order valence-corrected chi connectivity index (χ4v) is 4.82. The molecule has 11 heteroatoms. The molecular weight excluding hydrogens is 459 g/mol. The molecule has 0 aliphatic carbocycles. The highest BCUT2D eigenvalue weighted by molar-refractivity contribution is 5.90. The lowest BCUT2D eigenvalue weighted by atomic mass is 9.84. The lowest BCUT2D eigenvalue weighted by Gasteiger charge is -2.38. The third-order valence-electron chi connectivity index (χ3n) is 6.22. The number of fused-ring (bicyclic) bond motifs is 2. The number of amides is 1. The summed E-state index contributed by atoms with van der Waals surface area (Å²) in [4.78, 5) is 40.2. The van der Waals surface area contributed by atoms with E-state index in [0.29, 0.717) is 6.42 Å². The van der Waals surface area contributed by atoms with Crippen LogP contribution in [0.25, 0.3) is 0 Å². The van der Waals surface area contributed by atoms with Gasteiger partial charge in [-0.1, -0.05) is 30.3 Å². The van der Waals surface area contributed by atoms with Gasteiger partial charge in [-0.15, -0.1) is 0 Å². The number of halogens is 3. The Kier molecular flexibility index (Phi) is 6.64. The Hall–Kier alpha value is -2.82. The van der Waals surface area contributed by atoms with E-state index in [-0.39, 0.29) is 12.8 Å². The Morgan fingerprint density at radius 3 is 2.18 bits per heavy atom. The molecule has 8 nitrogen and oxygen atoms in total. The van der Waals surface area contributed by atoms with E-state index >= 15 is 0 Å². The topological polar surface area (TPSA) is 91.4 Å². The van der Waals surface area contributed by atoms with E-state index in [0.717, 1.165) is 31.3 Å². The van der Waals surface area contributed by atoms with Gasteiger partial charge in [0.15, 0.2) is 5.54 Å². The second kappa shape index (κ2) is 8.75. The van der Waals surface area contributed by atoms with E-state index in [4.69, 9.17) is 18.9 Å². The first-order chi connectivity index (χ1) is 15.7. The molecule has 0 aromatic heterocycles. The molecule has 0 unspecified atom stereocenters. The predicted molar refractivity (Wildman–Crippen MR) is 112 cm³/mol. The van der Waals surface area contributed by atoms with Gasteiger partial charge in [0.1, 0.15) is 11.7 Å². The molecule has 2 aliphatic rings. The molecule has 1 aromatic rings. The standard InChI is InChI=1S/C23H28F3NO7/c1-20(2,3)34-19(30)27-15-11-12-21(27,17(28)31-4)16(13-15)33-18(29)22(32-5,23(24,25)26)14-9-7-6-8-10-14/h6-10,15-16H,11-13H2,1-5H3/t15-,16+,21+,22+/m0/s1. The Balaban J connectivity index is 2.01. The molecular formula is C23H28F3NO7. The number of hydrogen-bond donors (Lipinski definition) is 0. The highest BCUT2D eigenvalue weighted by Crippen LogP contribution is 2.51. The lowest BCUT2D eigenvalue weighted by Crippen LogP contribution is -2.60. The van der Waals surface area contributed by atoms with Gasteiger partial charge in [-0.2, -0.15) is 13.2 Å². The summed E-state index contributed by atoms with van der Waals surface area (Å²) >= 11 is 0. The molecule has 2 heterocycles. The number of rotatable bonds is 5. The average molecular weight is 487 g/mol. The van der Waals surface area contributed by atoms with E-state index in [1.54, 1.807) is 20.8 Å². The van der Waals surface area contributed by atoms with Crippen LogP contribution >= 0.6 is 0 Å². The van der Waals surface area contributed by atoms with Crippen LogP contribution in [-0.4, -0.2) is 66.6 Å². The summed E-state index contributed by atoms with van der Waals surface area (Å²) in [5.74, 6) is -2.63. The van der Waals surface area contributed by atoms with E-state index in [1.165, 1.54) is 18.2 Å². The highest BCUT2D eigenvalue weighted by atomic mass is 19.4. The van der Waals surface area contributed by atoms with Crippen molar-refractivity contribution in [3.05, 3.63) is 35.9 Å². The predicted octanol–water partition coefficient (Wildman–Crippen LogP) is 3.72. The minimum Gasteiger partial charge on any atom is -0.467 e. The van der Waals surface area contributed by atoms with Gasteiger partial charge in [-0.05, 0) is 33.6 Å². The van der Waals surface area contributed by atoms with Gasteiger partial charge in [0.05, 0.1) is 7.11 Å². The van der Waals surface area contributed by atoms with Crippen LogP contribution in [0.5, 0.6) is 0 Å². The van der Waals surface area contributed by atoms with Gasteiger partial charge in [-0.3, -0.25) is 4.90 Å². The zero-order chi connectivity index (χ0) is 25.5. The average Bonchev–Trinajstić information content (AvgIpc) is 3.26. The van der Waals surface area contributed by atoms with Crippen LogP contribution in [0.15, 0.2) is 30.3 Å². The fourth-order valence-electron chi connectivity index (χ4n) is 4.82. The van der Waals surface area contributed by atoms with Crippen LogP contribution in [0.1, 0.15) is 45.6 Å². The summed E-state index contributed by atoms with van der Waals surface area (Å²) in [6.45, 7) is 4.92. The molecule has 2 aliphatic heterocycles. The molecule has 188 valence electrons. The second-order valence-electron chi connectivity index (χ2n) is 9.34. The number of nitrogens with zero attached hydrogens (tertiary/aromatic N) is 1. The van der Waals surface area contributed by atoms with Crippen molar-refractivity contribution in [3.8, 4) is 0 Å². The number of hydrogen-bond acceptors (Lipinski definition) is 7. The lowest BCUT2D eigenvalue weighted by molar-refractivity contribution is -0.279. The molecule has 0 saturated carbocycles. The molecule has 34 heavy (non-hydrogen) atoms. The summed E-state index contributed by atoms with van der Waals surface area (Å²) in [6.07, 6.45) is -7.04. The molecule has 0 N–H and O–H groups in total. The Bertz CT molecular complexity index is 946. The monoisotopic (exact) mass is 487 g/mol. The van der Waals surface area contributed by atoms with Crippen molar-refractivity contribution in [2.45, 2.75) is 75.1 Å². The highest BCUT2D eigenvalue weighted by Gasteiger charge is 2.70. The summed E-state index contributed by atoms with van der Waals surface area (Å²) in [5, 5.41) is 0. The minimum atomic E-state index is -5.18. The first-order valence-electron chi connectivity index (χ1n) is 10.7. The van der Waals surface area contributed by atoms with Crippen molar-refractivity contribution in [1.82, 2.24) is 4.90 Å². The molecule has 2 saturated heterocycles. The molecule has 2 bridgehead atoms. The van der Waals surface area contributed by atoms with Crippen molar-refractivity contribution in [3.63, 3.8) is 0 Å². The number of ether oxygens (including phenoxy) is 4. The van der Waals surface area contributed by atoms with Gasteiger partial charge < -0.3 is 18.9 Å².